The van der Waals surface area contributed by atoms with E-state index in [0.717, 1.165) is 24.7 Å². The Kier molecular flexibility index (Phi) is 7.35. The average Bonchev–Trinajstić information content (AvgIpc) is 2.38. The van der Waals surface area contributed by atoms with Crippen molar-refractivity contribution in [3.63, 3.8) is 0 Å². The van der Waals surface area contributed by atoms with Crippen LogP contribution in [0.15, 0.2) is 24.3 Å². The van der Waals surface area contributed by atoms with Crippen LogP contribution in [0.4, 0.5) is 0 Å². The van der Waals surface area contributed by atoms with Gasteiger partial charge in [-0.25, -0.2) is 0 Å². The topological polar surface area (TPSA) is 37.3 Å². The number of carbonyl (C=O) groups excluding carboxylic acids is 1. The van der Waals surface area contributed by atoms with E-state index in [2.05, 4.69) is 6.92 Å². The predicted molar refractivity (Wildman–Crippen MR) is 74.9 cm³/mol. The Balaban J connectivity index is 2.26. The maximum absolute atomic E-state index is 10.7. The molecule has 1 N–H and O–H groups in total. The summed E-state index contributed by atoms with van der Waals surface area (Å²) in [7, 11) is 0. The summed E-state index contributed by atoms with van der Waals surface area (Å²) < 4.78 is 0. The van der Waals surface area contributed by atoms with Crippen molar-refractivity contribution in [1.29, 1.82) is 0 Å². The van der Waals surface area contributed by atoms with Gasteiger partial charge in [0.25, 0.3) is 0 Å². The molecule has 1 unspecified atom stereocenters. The Morgan fingerprint density at radius 2 is 2.00 bits per heavy atom. The number of aliphatic hydroxyl groups excluding tert-OH is 1. The summed E-state index contributed by atoms with van der Waals surface area (Å²) in [4.78, 5) is 10.7. The van der Waals surface area contributed by atoms with Gasteiger partial charge in [0.05, 0.1) is 6.10 Å². The lowest BCUT2D eigenvalue weighted by atomic mass is 10.0. The number of aldehydes is 1. The third kappa shape index (κ3) is 5.97. The molecule has 0 fully saturated rings. The molecule has 1 aromatic rings. The number of hydrogen-bond donors (Lipinski definition) is 1. The molecule has 18 heavy (non-hydrogen) atoms. The summed E-state index contributed by atoms with van der Waals surface area (Å²) >= 11 is 0. The molecule has 0 aliphatic carbocycles. The number of unbranched alkanes of at least 4 members (excludes halogenated alkanes) is 4. The van der Waals surface area contributed by atoms with Crippen molar-refractivity contribution in [1.82, 2.24) is 0 Å². The maximum atomic E-state index is 10.7. The number of benzene rings is 1. The standard InChI is InChI=1S/C16H24O2/c1-2-3-4-5-6-10-16(18)12-14-8-7-9-15(11-14)13-17/h7-9,11,13,16,18H,2-6,10,12H2,1H3. The zero-order valence-corrected chi connectivity index (χ0v) is 11.3. The fourth-order valence-electron chi connectivity index (χ4n) is 2.15. The molecule has 0 heterocycles. The molecule has 2 nitrogen and oxygen atoms in total. The predicted octanol–water partition coefficient (Wildman–Crippen LogP) is 3.76. The van der Waals surface area contributed by atoms with Crippen LogP contribution in [0.5, 0.6) is 0 Å². The minimum atomic E-state index is -0.284. The Morgan fingerprint density at radius 1 is 1.22 bits per heavy atom. The monoisotopic (exact) mass is 248 g/mol. The van der Waals surface area contributed by atoms with Crippen molar-refractivity contribution in [3.8, 4) is 0 Å². The van der Waals surface area contributed by atoms with Crippen molar-refractivity contribution in [2.45, 2.75) is 58.0 Å². The molecule has 0 amide bonds. The van der Waals surface area contributed by atoms with Gasteiger partial charge in [0, 0.05) is 5.56 Å². The Bertz CT molecular complexity index is 347. The van der Waals surface area contributed by atoms with Gasteiger partial charge in [-0.1, -0.05) is 57.2 Å². The van der Waals surface area contributed by atoms with Gasteiger partial charge in [0.1, 0.15) is 6.29 Å². The first-order valence-corrected chi connectivity index (χ1v) is 6.98. The van der Waals surface area contributed by atoms with Gasteiger partial charge in [0.2, 0.25) is 0 Å². The minimum Gasteiger partial charge on any atom is -0.393 e. The zero-order valence-electron chi connectivity index (χ0n) is 11.3. The molecule has 0 radical (unpaired) electrons. The van der Waals surface area contributed by atoms with E-state index in [4.69, 9.17) is 0 Å². The number of aliphatic hydroxyl groups is 1. The van der Waals surface area contributed by atoms with E-state index < -0.39 is 0 Å². The third-order valence-corrected chi connectivity index (χ3v) is 3.20. The number of carbonyl (C=O) groups is 1. The zero-order chi connectivity index (χ0) is 13.2. The molecule has 0 bridgehead atoms. The molecule has 1 aromatic carbocycles. The highest BCUT2D eigenvalue weighted by atomic mass is 16.3. The number of hydrogen-bond acceptors (Lipinski definition) is 2. The Hall–Kier alpha value is -1.15. The summed E-state index contributed by atoms with van der Waals surface area (Å²) in [5.41, 5.74) is 1.73. The SMILES string of the molecule is CCCCCCCC(O)Cc1cccc(C=O)c1. The fraction of sp³-hybridized carbons (Fsp3) is 0.562. The van der Waals surface area contributed by atoms with Gasteiger partial charge in [0.15, 0.2) is 0 Å². The first kappa shape index (κ1) is 14.9. The van der Waals surface area contributed by atoms with E-state index in [1.807, 2.05) is 18.2 Å². The van der Waals surface area contributed by atoms with E-state index in [9.17, 15) is 9.90 Å². The van der Waals surface area contributed by atoms with E-state index >= 15 is 0 Å². The quantitative estimate of drug-likeness (QED) is 0.533. The third-order valence-electron chi connectivity index (χ3n) is 3.20. The first-order chi connectivity index (χ1) is 8.76. The van der Waals surface area contributed by atoms with Crippen molar-refractivity contribution >= 4 is 6.29 Å². The second-order valence-electron chi connectivity index (χ2n) is 4.92. The molecule has 0 aromatic heterocycles. The van der Waals surface area contributed by atoms with Crippen molar-refractivity contribution < 1.29 is 9.90 Å². The van der Waals surface area contributed by atoms with Crippen LogP contribution in [0, 0.1) is 0 Å². The Morgan fingerprint density at radius 3 is 2.72 bits per heavy atom. The summed E-state index contributed by atoms with van der Waals surface area (Å²) in [6.45, 7) is 2.20. The second kappa shape index (κ2) is 8.87. The van der Waals surface area contributed by atoms with Gasteiger partial charge in [-0.2, -0.15) is 0 Å². The molecular weight excluding hydrogens is 224 g/mol. The minimum absolute atomic E-state index is 0.284. The highest BCUT2D eigenvalue weighted by molar-refractivity contribution is 5.74. The average molecular weight is 248 g/mol. The lowest BCUT2D eigenvalue weighted by Gasteiger charge is -2.10. The van der Waals surface area contributed by atoms with E-state index in [1.54, 1.807) is 6.07 Å². The van der Waals surface area contributed by atoms with Crippen molar-refractivity contribution in [3.05, 3.63) is 35.4 Å². The molecule has 0 saturated carbocycles. The van der Waals surface area contributed by atoms with Gasteiger partial charge >= 0.3 is 0 Å². The molecule has 0 aliphatic rings. The first-order valence-electron chi connectivity index (χ1n) is 6.98. The molecule has 1 atom stereocenters. The van der Waals surface area contributed by atoms with Crippen LogP contribution in [-0.4, -0.2) is 17.5 Å². The summed E-state index contributed by atoms with van der Waals surface area (Å²) in [5.74, 6) is 0. The van der Waals surface area contributed by atoms with Gasteiger partial charge in [-0.3, -0.25) is 4.79 Å². The van der Waals surface area contributed by atoms with Crippen molar-refractivity contribution in [2.75, 3.05) is 0 Å². The van der Waals surface area contributed by atoms with Gasteiger partial charge in [-0.05, 0) is 24.5 Å². The maximum Gasteiger partial charge on any atom is 0.150 e. The van der Waals surface area contributed by atoms with Crippen LogP contribution >= 0.6 is 0 Å². The van der Waals surface area contributed by atoms with Crippen LogP contribution in [0.2, 0.25) is 0 Å². The Labute approximate surface area is 110 Å². The van der Waals surface area contributed by atoms with Crippen LogP contribution in [0.3, 0.4) is 0 Å². The highest BCUT2D eigenvalue weighted by Crippen LogP contribution is 2.12. The number of rotatable bonds is 9. The molecular formula is C16H24O2. The smallest absolute Gasteiger partial charge is 0.150 e. The molecule has 100 valence electrons. The molecule has 0 saturated heterocycles. The molecule has 1 rings (SSSR count). The van der Waals surface area contributed by atoms with Gasteiger partial charge in [-0.15, -0.1) is 0 Å². The summed E-state index contributed by atoms with van der Waals surface area (Å²) in [6.07, 6.45) is 8.18. The fourth-order valence-corrected chi connectivity index (χ4v) is 2.15. The van der Waals surface area contributed by atoms with Crippen LogP contribution < -0.4 is 0 Å². The van der Waals surface area contributed by atoms with E-state index in [1.165, 1.54) is 25.7 Å². The van der Waals surface area contributed by atoms with E-state index in [0.29, 0.717) is 12.0 Å². The molecule has 0 aliphatic heterocycles. The second-order valence-corrected chi connectivity index (χ2v) is 4.92. The summed E-state index contributed by atoms with van der Waals surface area (Å²) in [6, 6.07) is 7.47. The van der Waals surface area contributed by atoms with Crippen molar-refractivity contribution in [2.24, 2.45) is 0 Å². The molecule has 2 heteroatoms. The highest BCUT2D eigenvalue weighted by Gasteiger charge is 2.05. The van der Waals surface area contributed by atoms with Crippen LogP contribution in [0.25, 0.3) is 0 Å². The van der Waals surface area contributed by atoms with Gasteiger partial charge < -0.3 is 5.11 Å². The van der Waals surface area contributed by atoms with Crippen LogP contribution in [-0.2, 0) is 6.42 Å². The lowest BCUT2D eigenvalue weighted by Crippen LogP contribution is -2.10. The van der Waals surface area contributed by atoms with E-state index in [-0.39, 0.29) is 6.10 Å². The summed E-state index contributed by atoms with van der Waals surface area (Å²) in [5, 5.41) is 9.93. The molecule has 0 spiro atoms. The normalized spacial score (nSPS) is 12.3. The largest absolute Gasteiger partial charge is 0.393 e. The van der Waals surface area contributed by atoms with Crippen LogP contribution in [0.1, 0.15) is 61.4 Å². The lowest BCUT2D eigenvalue weighted by molar-refractivity contribution is 0.112.